The summed E-state index contributed by atoms with van der Waals surface area (Å²) in [5.74, 6) is 0.750. The Morgan fingerprint density at radius 3 is 2.40 bits per heavy atom. The number of amides is 1. The van der Waals surface area contributed by atoms with Crippen molar-refractivity contribution < 1.29 is 4.79 Å². The number of carbonyl (C=O) groups excluding carboxylic acids is 1. The van der Waals surface area contributed by atoms with Crippen LogP contribution < -0.4 is 10.2 Å². The smallest absolute Gasteiger partial charge is 0.256 e. The lowest BCUT2D eigenvalue weighted by Crippen LogP contribution is -2.13. The van der Waals surface area contributed by atoms with Gasteiger partial charge in [-0.2, -0.15) is 5.10 Å². The second-order valence-corrected chi connectivity index (χ2v) is 5.26. The van der Waals surface area contributed by atoms with Crippen molar-refractivity contribution in [2.75, 3.05) is 24.3 Å². The summed E-state index contributed by atoms with van der Waals surface area (Å²) >= 11 is 0. The van der Waals surface area contributed by atoms with Crippen molar-refractivity contribution in [3.8, 4) is 0 Å². The van der Waals surface area contributed by atoms with Crippen molar-refractivity contribution in [2.45, 2.75) is 19.8 Å². The van der Waals surface area contributed by atoms with Gasteiger partial charge in [0.2, 0.25) is 0 Å². The number of nitrogens with one attached hydrogen (secondary N) is 2. The van der Waals surface area contributed by atoms with Gasteiger partial charge in [-0.05, 0) is 30.2 Å². The molecule has 5 heteroatoms. The Morgan fingerprint density at radius 2 is 1.90 bits per heavy atom. The fraction of sp³-hybridized carbons (Fsp3) is 0.333. The predicted octanol–water partition coefficient (Wildman–Crippen LogP) is 2.85. The summed E-state index contributed by atoms with van der Waals surface area (Å²) in [6.07, 6.45) is 0. The van der Waals surface area contributed by atoms with Gasteiger partial charge in [-0.3, -0.25) is 9.89 Å². The molecule has 0 atom stereocenters. The van der Waals surface area contributed by atoms with Crippen LogP contribution in [0.2, 0.25) is 0 Å². The van der Waals surface area contributed by atoms with Crippen LogP contribution in [0.15, 0.2) is 30.3 Å². The number of H-pyrrole nitrogens is 1. The minimum Gasteiger partial charge on any atom is -0.378 e. The first-order chi connectivity index (χ1) is 9.47. The molecular formula is C15H20N4O. The average molecular weight is 272 g/mol. The third kappa shape index (κ3) is 3.17. The minimum absolute atomic E-state index is 0.155. The standard InChI is InChI=1S/C15H20N4O/c1-10(2)13-9-14(18-17-13)16-15(20)11-5-7-12(8-6-11)19(3)4/h5-10H,1-4H3,(H2,16,17,18,20). The Balaban J connectivity index is 2.07. The Labute approximate surface area is 119 Å². The van der Waals surface area contributed by atoms with Crippen LogP contribution in [0.4, 0.5) is 11.5 Å². The van der Waals surface area contributed by atoms with Crippen LogP contribution in [0, 0.1) is 0 Å². The number of aromatic amines is 1. The zero-order valence-corrected chi connectivity index (χ0v) is 12.3. The number of hydrogen-bond donors (Lipinski definition) is 2. The van der Waals surface area contributed by atoms with Crippen LogP contribution in [0.1, 0.15) is 35.8 Å². The van der Waals surface area contributed by atoms with Crippen molar-refractivity contribution in [3.05, 3.63) is 41.6 Å². The van der Waals surface area contributed by atoms with Crippen LogP contribution in [-0.4, -0.2) is 30.2 Å². The van der Waals surface area contributed by atoms with Gasteiger partial charge in [0.25, 0.3) is 5.91 Å². The fourth-order valence-electron chi connectivity index (χ4n) is 1.80. The molecule has 20 heavy (non-hydrogen) atoms. The molecule has 1 aromatic carbocycles. The number of hydrogen-bond acceptors (Lipinski definition) is 3. The van der Waals surface area contributed by atoms with Gasteiger partial charge in [0.15, 0.2) is 5.82 Å². The molecule has 0 aliphatic rings. The zero-order valence-electron chi connectivity index (χ0n) is 12.3. The maximum Gasteiger partial charge on any atom is 0.256 e. The zero-order chi connectivity index (χ0) is 14.7. The lowest BCUT2D eigenvalue weighted by Gasteiger charge is -2.12. The van der Waals surface area contributed by atoms with E-state index in [0.29, 0.717) is 17.3 Å². The number of aromatic nitrogens is 2. The highest BCUT2D eigenvalue weighted by molar-refractivity contribution is 6.03. The molecule has 0 aliphatic carbocycles. The second-order valence-electron chi connectivity index (χ2n) is 5.26. The van der Waals surface area contributed by atoms with E-state index < -0.39 is 0 Å². The average Bonchev–Trinajstić information content (AvgIpc) is 2.87. The quantitative estimate of drug-likeness (QED) is 0.899. The van der Waals surface area contributed by atoms with Crippen LogP contribution in [-0.2, 0) is 0 Å². The lowest BCUT2D eigenvalue weighted by atomic mass is 10.1. The second kappa shape index (κ2) is 5.77. The molecule has 2 rings (SSSR count). The van der Waals surface area contributed by atoms with E-state index in [9.17, 15) is 4.79 Å². The van der Waals surface area contributed by atoms with E-state index in [4.69, 9.17) is 0 Å². The van der Waals surface area contributed by atoms with Gasteiger partial charge < -0.3 is 10.2 Å². The first kappa shape index (κ1) is 14.1. The fourth-order valence-corrected chi connectivity index (χ4v) is 1.80. The minimum atomic E-state index is -0.155. The highest BCUT2D eigenvalue weighted by atomic mass is 16.1. The van der Waals surface area contributed by atoms with Gasteiger partial charge in [0, 0.05) is 37.1 Å². The van der Waals surface area contributed by atoms with Gasteiger partial charge in [0.05, 0.1) is 0 Å². The molecule has 1 heterocycles. The number of nitrogens with zero attached hydrogens (tertiary/aromatic N) is 2. The normalized spacial score (nSPS) is 10.7. The van der Waals surface area contributed by atoms with Gasteiger partial charge in [-0.25, -0.2) is 0 Å². The molecule has 0 radical (unpaired) electrons. The summed E-state index contributed by atoms with van der Waals surface area (Å²) in [5, 5.41) is 9.79. The number of anilines is 2. The maximum atomic E-state index is 12.1. The molecule has 0 spiro atoms. The lowest BCUT2D eigenvalue weighted by molar-refractivity contribution is 0.102. The molecule has 0 aliphatic heterocycles. The molecule has 0 unspecified atom stereocenters. The number of benzene rings is 1. The molecule has 1 aromatic heterocycles. The van der Waals surface area contributed by atoms with Crippen LogP contribution >= 0.6 is 0 Å². The van der Waals surface area contributed by atoms with Crippen molar-refractivity contribution in [1.29, 1.82) is 0 Å². The van der Waals surface area contributed by atoms with Crippen molar-refractivity contribution >= 4 is 17.4 Å². The van der Waals surface area contributed by atoms with Gasteiger partial charge in [0.1, 0.15) is 0 Å². The van der Waals surface area contributed by atoms with Crippen LogP contribution in [0.25, 0.3) is 0 Å². The SMILES string of the molecule is CC(C)c1cc(NC(=O)c2ccc(N(C)C)cc2)n[nH]1. The molecule has 0 fully saturated rings. The highest BCUT2D eigenvalue weighted by Gasteiger charge is 2.10. The molecule has 0 saturated heterocycles. The summed E-state index contributed by atoms with van der Waals surface area (Å²) in [5.41, 5.74) is 2.68. The summed E-state index contributed by atoms with van der Waals surface area (Å²) < 4.78 is 0. The van der Waals surface area contributed by atoms with Crippen molar-refractivity contribution in [1.82, 2.24) is 10.2 Å². The topological polar surface area (TPSA) is 61.0 Å². The summed E-state index contributed by atoms with van der Waals surface area (Å²) in [6, 6.07) is 9.30. The Bertz CT molecular complexity index is 584. The van der Waals surface area contributed by atoms with Crippen LogP contribution in [0.3, 0.4) is 0 Å². The summed E-state index contributed by atoms with van der Waals surface area (Å²) in [7, 11) is 3.93. The first-order valence-electron chi connectivity index (χ1n) is 6.61. The third-order valence-corrected chi connectivity index (χ3v) is 3.11. The Kier molecular flexibility index (Phi) is 4.08. The van der Waals surface area contributed by atoms with E-state index in [1.807, 2.05) is 37.2 Å². The van der Waals surface area contributed by atoms with E-state index in [0.717, 1.165) is 11.4 Å². The van der Waals surface area contributed by atoms with E-state index in [2.05, 4.69) is 29.4 Å². The predicted molar refractivity (Wildman–Crippen MR) is 81.4 cm³/mol. The molecule has 2 N–H and O–H groups in total. The number of carbonyl (C=O) groups is 1. The first-order valence-corrected chi connectivity index (χ1v) is 6.61. The van der Waals surface area contributed by atoms with E-state index in [1.165, 1.54) is 0 Å². The molecule has 1 amide bonds. The van der Waals surface area contributed by atoms with Gasteiger partial charge in [-0.1, -0.05) is 13.8 Å². The number of rotatable bonds is 4. The van der Waals surface area contributed by atoms with Crippen molar-refractivity contribution in [3.63, 3.8) is 0 Å². The highest BCUT2D eigenvalue weighted by Crippen LogP contribution is 2.16. The molecule has 2 aromatic rings. The Hall–Kier alpha value is -2.30. The molecule has 5 nitrogen and oxygen atoms in total. The monoisotopic (exact) mass is 272 g/mol. The third-order valence-electron chi connectivity index (χ3n) is 3.11. The van der Waals surface area contributed by atoms with E-state index in [1.54, 1.807) is 12.1 Å². The summed E-state index contributed by atoms with van der Waals surface area (Å²) in [4.78, 5) is 14.1. The molecular weight excluding hydrogens is 252 g/mol. The molecule has 0 saturated carbocycles. The summed E-state index contributed by atoms with van der Waals surface area (Å²) in [6.45, 7) is 4.14. The van der Waals surface area contributed by atoms with E-state index in [-0.39, 0.29) is 5.91 Å². The molecule has 106 valence electrons. The van der Waals surface area contributed by atoms with Crippen LogP contribution in [0.5, 0.6) is 0 Å². The molecule has 0 bridgehead atoms. The van der Waals surface area contributed by atoms with E-state index >= 15 is 0 Å². The Morgan fingerprint density at radius 1 is 1.25 bits per heavy atom. The van der Waals surface area contributed by atoms with Gasteiger partial charge in [-0.15, -0.1) is 0 Å². The largest absolute Gasteiger partial charge is 0.378 e. The van der Waals surface area contributed by atoms with Gasteiger partial charge >= 0.3 is 0 Å². The maximum absolute atomic E-state index is 12.1. The van der Waals surface area contributed by atoms with Crippen molar-refractivity contribution in [2.24, 2.45) is 0 Å².